The molecule has 33 heavy (non-hydrogen) atoms. The molecule has 2 fully saturated rings. The molecule has 182 valence electrons. The molecule has 6 nitrogen and oxygen atoms in total. The fraction of sp³-hybridized carbons (Fsp3) is 0.538. The number of pyridine rings is 1. The van der Waals surface area contributed by atoms with E-state index >= 15 is 0 Å². The van der Waals surface area contributed by atoms with E-state index < -0.39 is 0 Å². The van der Waals surface area contributed by atoms with Gasteiger partial charge in [-0.25, -0.2) is 9.37 Å². The van der Waals surface area contributed by atoms with Crippen LogP contribution >= 0.6 is 0 Å². The van der Waals surface area contributed by atoms with Crippen LogP contribution in [0.25, 0.3) is 0 Å². The number of carbonyl (C=O) groups excluding carboxylic acids is 1. The Labute approximate surface area is 197 Å². The Hall–Kier alpha value is -2.67. The highest BCUT2D eigenvalue weighted by Crippen LogP contribution is 2.29. The Morgan fingerprint density at radius 3 is 2.48 bits per heavy atom. The first-order chi connectivity index (χ1) is 16.1. The summed E-state index contributed by atoms with van der Waals surface area (Å²) in [6, 6.07) is 11.0. The molecule has 1 aliphatic carbocycles. The highest BCUT2D eigenvalue weighted by atomic mass is 19.1. The maximum atomic E-state index is 14.2. The molecule has 2 aromatic rings. The van der Waals surface area contributed by atoms with Crippen molar-refractivity contribution in [3.8, 4) is 11.6 Å². The van der Waals surface area contributed by atoms with Crippen molar-refractivity contribution >= 4 is 12.1 Å². The lowest BCUT2D eigenvalue weighted by atomic mass is 9.95. The first-order valence-corrected chi connectivity index (χ1v) is 11.8. The second-order valence-electron chi connectivity index (χ2n) is 8.64. The number of hydrogen-bond acceptors (Lipinski definition) is 5. The Bertz CT molecular complexity index is 816. The molecule has 0 radical (unpaired) electrons. The predicted molar refractivity (Wildman–Crippen MR) is 130 cm³/mol. The lowest BCUT2D eigenvalue weighted by Crippen LogP contribution is -2.34. The van der Waals surface area contributed by atoms with Gasteiger partial charge in [0.05, 0.1) is 0 Å². The maximum Gasteiger partial charge on any atom is 0.219 e. The number of halogens is 1. The van der Waals surface area contributed by atoms with Crippen LogP contribution in [0.15, 0.2) is 42.6 Å². The smallest absolute Gasteiger partial charge is 0.219 e. The molecule has 1 unspecified atom stereocenters. The number of amides is 1. The van der Waals surface area contributed by atoms with Gasteiger partial charge >= 0.3 is 0 Å². The fourth-order valence-corrected chi connectivity index (χ4v) is 4.29. The molecule has 1 aliphatic heterocycles. The number of carbonyl (C=O) groups is 1. The van der Waals surface area contributed by atoms with Crippen molar-refractivity contribution in [3.63, 3.8) is 0 Å². The summed E-state index contributed by atoms with van der Waals surface area (Å²) in [7, 11) is 2.88. The van der Waals surface area contributed by atoms with Gasteiger partial charge in [0.1, 0.15) is 0 Å². The summed E-state index contributed by atoms with van der Waals surface area (Å²) < 4.78 is 19.7. The SMILES string of the molecule is CC1CCCN(c2ccc(Oc3ccccn3)c(F)c2)C1.CN(C=O)C1CCCCC1.CO. The average Bonchev–Trinajstić information content (AvgIpc) is 2.87. The van der Waals surface area contributed by atoms with Gasteiger partial charge < -0.3 is 19.6 Å². The Balaban J connectivity index is 0.000000270. The van der Waals surface area contributed by atoms with Crippen LogP contribution in [-0.4, -0.2) is 54.7 Å². The molecule has 7 heteroatoms. The van der Waals surface area contributed by atoms with Crippen molar-refractivity contribution in [2.24, 2.45) is 5.92 Å². The first kappa shape index (κ1) is 26.6. The average molecular weight is 460 g/mol. The van der Waals surface area contributed by atoms with E-state index in [1.807, 2.05) is 19.2 Å². The summed E-state index contributed by atoms with van der Waals surface area (Å²) in [5.41, 5.74) is 0.924. The Morgan fingerprint density at radius 2 is 1.88 bits per heavy atom. The number of anilines is 1. The second kappa shape index (κ2) is 14.5. The zero-order chi connectivity index (χ0) is 24.1. The standard InChI is InChI=1S/C17H19FN2O.C8H15NO.CH4O/c1-13-5-4-10-20(12-13)14-7-8-16(15(18)11-14)21-17-6-2-3-9-19-17;1-9(7-10)8-5-3-2-4-6-8;1-2/h2-3,6-9,11,13H,4-5,10,12H2,1H3;7-8H,2-6H2,1H3;2H,1H3. The monoisotopic (exact) mass is 459 g/mol. The number of nitrogens with zero attached hydrogens (tertiary/aromatic N) is 3. The van der Waals surface area contributed by atoms with Crippen molar-refractivity contribution in [1.29, 1.82) is 0 Å². The van der Waals surface area contributed by atoms with Gasteiger partial charge in [0, 0.05) is 57.3 Å². The number of aliphatic hydroxyl groups excluding tert-OH is 1. The quantitative estimate of drug-likeness (QED) is 0.618. The highest BCUT2D eigenvalue weighted by Gasteiger charge is 2.18. The molecule has 1 amide bonds. The lowest BCUT2D eigenvalue weighted by Gasteiger charge is -2.32. The molecule has 0 bridgehead atoms. The van der Waals surface area contributed by atoms with Crippen molar-refractivity contribution in [1.82, 2.24) is 9.88 Å². The van der Waals surface area contributed by atoms with E-state index in [4.69, 9.17) is 9.84 Å². The van der Waals surface area contributed by atoms with Crippen LogP contribution < -0.4 is 9.64 Å². The largest absolute Gasteiger partial charge is 0.436 e. The molecule has 1 aromatic carbocycles. The molecular weight excluding hydrogens is 421 g/mol. The van der Waals surface area contributed by atoms with Crippen LogP contribution in [-0.2, 0) is 4.79 Å². The molecule has 2 aliphatic rings. The number of rotatable bonds is 5. The Morgan fingerprint density at radius 1 is 1.12 bits per heavy atom. The van der Waals surface area contributed by atoms with Gasteiger partial charge in [-0.05, 0) is 49.8 Å². The third kappa shape index (κ3) is 8.65. The van der Waals surface area contributed by atoms with Gasteiger partial charge in [0.25, 0.3) is 0 Å². The summed E-state index contributed by atoms with van der Waals surface area (Å²) in [6.45, 7) is 4.21. The van der Waals surface area contributed by atoms with Crippen LogP contribution in [0.3, 0.4) is 0 Å². The Kier molecular flexibility index (Phi) is 11.7. The van der Waals surface area contributed by atoms with Gasteiger partial charge in [0.2, 0.25) is 12.3 Å². The molecule has 1 saturated carbocycles. The van der Waals surface area contributed by atoms with Gasteiger partial charge in [0.15, 0.2) is 11.6 Å². The summed E-state index contributed by atoms with van der Waals surface area (Å²) >= 11 is 0. The van der Waals surface area contributed by atoms with E-state index in [-0.39, 0.29) is 11.6 Å². The topological polar surface area (TPSA) is 65.9 Å². The molecule has 0 spiro atoms. The molecule has 1 aromatic heterocycles. The number of benzene rings is 1. The zero-order valence-corrected chi connectivity index (χ0v) is 20.1. The normalized spacial score (nSPS) is 18.2. The predicted octanol–water partition coefficient (Wildman–Crippen LogP) is 5.27. The van der Waals surface area contributed by atoms with E-state index in [0.717, 1.165) is 38.7 Å². The molecular formula is C26H38FN3O3. The van der Waals surface area contributed by atoms with Gasteiger partial charge in [-0.1, -0.05) is 32.3 Å². The van der Waals surface area contributed by atoms with Crippen molar-refractivity contribution in [3.05, 3.63) is 48.4 Å². The highest BCUT2D eigenvalue weighted by molar-refractivity contribution is 5.50. The number of ether oxygens (including phenoxy) is 1. The van der Waals surface area contributed by atoms with Crippen molar-refractivity contribution < 1.29 is 19.0 Å². The molecule has 1 saturated heterocycles. The number of hydrogen-bond donors (Lipinski definition) is 1. The number of aromatic nitrogens is 1. The molecule has 4 rings (SSSR count). The molecule has 1 N–H and O–H groups in total. The fourth-order valence-electron chi connectivity index (χ4n) is 4.29. The maximum absolute atomic E-state index is 14.2. The van der Waals surface area contributed by atoms with Gasteiger partial charge in [-0.2, -0.15) is 0 Å². The number of aliphatic hydroxyl groups is 1. The van der Waals surface area contributed by atoms with Gasteiger partial charge in [-0.15, -0.1) is 0 Å². The van der Waals surface area contributed by atoms with Crippen LogP contribution in [0.1, 0.15) is 51.9 Å². The van der Waals surface area contributed by atoms with E-state index in [0.29, 0.717) is 17.8 Å². The minimum atomic E-state index is -0.351. The third-order valence-corrected chi connectivity index (χ3v) is 6.11. The first-order valence-electron chi connectivity index (χ1n) is 11.8. The van der Waals surface area contributed by atoms with Crippen molar-refractivity contribution in [2.75, 3.05) is 32.1 Å². The van der Waals surface area contributed by atoms with Crippen LogP contribution in [0, 0.1) is 11.7 Å². The molecule has 2 heterocycles. The van der Waals surface area contributed by atoms with Crippen LogP contribution in [0.5, 0.6) is 11.6 Å². The summed E-state index contributed by atoms with van der Waals surface area (Å²) in [6.07, 6.45) is 11.3. The lowest BCUT2D eigenvalue weighted by molar-refractivity contribution is -0.119. The molecule has 1 atom stereocenters. The van der Waals surface area contributed by atoms with E-state index in [2.05, 4.69) is 16.8 Å². The zero-order valence-electron chi connectivity index (χ0n) is 20.1. The minimum absolute atomic E-state index is 0.211. The van der Waals surface area contributed by atoms with Gasteiger partial charge in [-0.3, -0.25) is 4.79 Å². The van der Waals surface area contributed by atoms with E-state index in [1.54, 1.807) is 35.4 Å². The minimum Gasteiger partial charge on any atom is -0.436 e. The van der Waals surface area contributed by atoms with E-state index in [1.165, 1.54) is 38.5 Å². The van der Waals surface area contributed by atoms with E-state index in [9.17, 15) is 9.18 Å². The number of piperidine rings is 1. The third-order valence-electron chi connectivity index (χ3n) is 6.11. The second-order valence-corrected chi connectivity index (χ2v) is 8.64. The summed E-state index contributed by atoms with van der Waals surface area (Å²) in [4.78, 5) is 18.4. The van der Waals surface area contributed by atoms with Crippen LogP contribution in [0.4, 0.5) is 10.1 Å². The van der Waals surface area contributed by atoms with Crippen molar-refractivity contribution in [2.45, 2.75) is 57.9 Å². The summed E-state index contributed by atoms with van der Waals surface area (Å²) in [5, 5.41) is 7.00. The van der Waals surface area contributed by atoms with Crippen LogP contribution in [0.2, 0.25) is 0 Å². The summed E-state index contributed by atoms with van der Waals surface area (Å²) in [5.74, 6) is 0.917.